The molecule has 0 aromatic rings. The number of hydrogen-bond donors (Lipinski definition) is 1. The van der Waals surface area contributed by atoms with Gasteiger partial charge in [-0.3, -0.25) is 0 Å². The van der Waals surface area contributed by atoms with Crippen LogP contribution >= 0.6 is 0 Å². The molecule has 0 spiro atoms. The summed E-state index contributed by atoms with van der Waals surface area (Å²) in [5.74, 6) is 0. The van der Waals surface area contributed by atoms with Crippen LogP contribution in [0.25, 0.3) is 0 Å². The van der Waals surface area contributed by atoms with Crippen LogP contribution in [-0.2, 0) is 14.2 Å². The minimum Gasteiger partial charge on any atom is -0.385 e. The number of ether oxygens (including phenoxy) is 3. The molecule has 3 aliphatic rings. The van der Waals surface area contributed by atoms with Gasteiger partial charge in [-0.05, 0) is 0 Å². The molecule has 10 heavy (non-hydrogen) atoms. The summed E-state index contributed by atoms with van der Waals surface area (Å²) in [6.45, 7) is 0.572. The van der Waals surface area contributed by atoms with E-state index in [1.165, 1.54) is 0 Å². The van der Waals surface area contributed by atoms with E-state index in [4.69, 9.17) is 14.2 Å². The lowest BCUT2D eigenvalue weighted by molar-refractivity contribution is -0.104. The Morgan fingerprint density at radius 2 is 2.10 bits per heavy atom. The largest absolute Gasteiger partial charge is 0.385 e. The van der Waals surface area contributed by atoms with Crippen LogP contribution in [0, 0.1) is 0 Å². The van der Waals surface area contributed by atoms with Crippen LogP contribution in [0.3, 0.4) is 0 Å². The molecule has 4 heteroatoms. The van der Waals surface area contributed by atoms with Crippen LogP contribution < -0.4 is 0 Å². The second-order valence-electron chi connectivity index (χ2n) is 2.93. The zero-order valence-corrected chi connectivity index (χ0v) is 5.27. The van der Waals surface area contributed by atoms with Gasteiger partial charge in [0.1, 0.15) is 24.4 Å². The zero-order valence-electron chi connectivity index (χ0n) is 5.27. The third kappa shape index (κ3) is 0.441. The molecule has 0 aromatic carbocycles. The number of rotatable bonds is 0. The fourth-order valence-corrected chi connectivity index (χ4v) is 1.86. The predicted octanol–water partition coefficient (Wildman–Crippen LogP) is -1.13. The van der Waals surface area contributed by atoms with Crippen molar-refractivity contribution in [3.05, 3.63) is 0 Å². The molecule has 5 atom stereocenters. The van der Waals surface area contributed by atoms with E-state index < -0.39 is 12.4 Å². The van der Waals surface area contributed by atoms with Gasteiger partial charge in [0.2, 0.25) is 0 Å². The van der Waals surface area contributed by atoms with Crippen molar-refractivity contribution >= 4 is 0 Å². The Morgan fingerprint density at radius 1 is 1.20 bits per heavy atom. The van der Waals surface area contributed by atoms with E-state index in [1.807, 2.05) is 0 Å². The van der Waals surface area contributed by atoms with Crippen LogP contribution in [0.5, 0.6) is 0 Å². The summed E-state index contributed by atoms with van der Waals surface area (Å²) in [5.41, 5.74) is 0. The standard InChI is InChI=1S/C6H8O4/c7-3-5-4-2(1-8-5)9-6(3)10-4/h2-7H,1H2/t2-,3+,4+,5+,6-/m1/s1. The molecule has 3 rings (SSSR count). The summed E-state index contributed by atoms with van der Waals surface area (Å²) in [4.78, 5) is 0. The Hall–Kier alpha value is -0.160. The van der Waals surface area contributed by atoms with Crippen molar-refractivity contribution in [1.29, 1.82) is 0 Å². The summed E-state index contributed by atoms with van der Waals surface area (Å²) in [5, 5.41) is 9.33. The highest BCUT2D eigenvalue weighted by Gasteiger charge is 2.59. The highest BCUT2D eigenvalue weighted by Crippen LogP contribution is 2.40. The first kappa shape index (κ1) is 5.49. The van der Waals surface area contributed by atoms with Crippen LogP contribution in [-0.4, -0.2) is 42.4 Å². The van der Waals surface area contributed by atoms with E-state index in [0.29, 0.717) is 6.61 Å². The minimum atomic E-state index is -0.566. The third-order valence-electron chi connectivity index (χ3n) is 2.36. The second kappa shape index (κ2) is 1.53. The van der Waals surface area contributed by atoms with Crippen molar-refractivity contribution in [3.63, 3.8) is 0 Å². The van der Waals surface area contributed by atoms with Crippen molar-refractivity contribution in [2.75, 3.05) is 6.61 Å². The number of hydrogen-bond acceptors (Lipinski definition) is 4. The quantitative estimate of drug-likeness (QED) is 0.467. The van der Waals surface area contributed by atoms with Gasteiger partial charge in [0.25, 0.3) is 0 Å². The number of fused-ring (bicyclic) bond motifs is 1. The molecule has 0 saturated carbocycles. The Labute approximate surface area is 57.7 Å². The lowest BCUT2D eigenvalue weighted by atomic mass is 10.1. The number of aliphatic hydroxyl groups excluding tert-OH is 1. The third-order valence-corrected chi connectivity index (χ3v) is 2.36. The van der Waals surface area contributed by atoms with E-state index in [1.54, 1.807) is 0 Å². The molecule has 2 bridgehead atoms. The molecule has 0 aliphatic carbocycles. The van der Waals surface area contributed by atoms with Crippen molar-refractivity contribution in [2.24, 2.45) is 0 Å². The fourth-order valence-electron chi connectivity index (χ4n) is 1.86. The molecule has 0 aromatic heterocycles. The van der Waals surface area contributed by atoms with Gasteiger partial charge in [-0.2, -0.15) is 0 Å². The lowest BCUT2D eigenvalue weighted by Crippen LogP contribution is -2.39. The van der Waals surface area contributed by atoms with E-state index in [0.717, 1.165) is 0 Å². The fraction of sp³-hybridized carbons (Fsp3) is 1.00. The van der Waals surface area contributed by atoms with Gasteiger partial charge < -0.3 is 19.3 Å². The van der Waals surface area contributed by atoms with Crippen molar-refractivity contribution < 1.29 is 19.3 Å². The van der Waals surface area contributed by atoms with Crippen LogP contribution in [0.2, 0.25) is 0 Å². The smallest absolute Gasteiger partial charge is 0.187 e. The monoisotopic (exact) mass is 144 g/mol. The normalized spacial score (nSPS) is 63.9. The van der Waals surface area contributed by atoms with Gasteiger partial charge in [-0.25, -0.2) is 0 Å². The van der Waals surface area contributed by atoms with Gasteiger partial charge in [0, 0.05) is 0 Å². The zero-order chi connectivity index (χ0) is 6.72. The highest BCUT2D eigenvalue weighted by atomic mass is 16.8. The molecule has 3 saturated heterocycles. The molecule has 1 N–H and O–H groups in total. The Bertz CT molecular complexity index is 169. The Morgan fingerprint density at radius 3 is 2.80 bits per heavy atom. The van der Waals surface area contributed by atoms with Gasteiger partial charge in [-0.15, -0.1) is 0 Å². The molecule has 3 fully saturated rings. The molecule has 56 valence electrons. The Balaban J connectivity index is 2.00. The SMILES string of the molecule is O[C@@H]1[C@H]2O[C@@H]3[C@H]1OC[C@H]3O2. The van der Waals surface area contributed by atoms with Gasteiger partial charge in [0.05, 0.1) is 6.61 Å². The van der Waals surface area contributed by atoms with Gasteiger partial charge >= 0.3 is 0 Å². The summed E-state index contributed by atoms with van der Waals surface area (Å²) < 4.78 is 15.8. The van der Waals surface area contributed by atoms with Crippen LogP contribution in [0.15, 0.2) is 0 Å². The first-order chi connectivity index (χ1) is 4.86. The molecule has 3 heterocycles. The molecule has 0 unspecified atom stereocenters. The average Bonchev–Trinajstić information content (AvgIpc) is 2.43. The van der Waals surface area contributed by atoms with Gasteiger partial charge in [0.15, 0.2) is 6.29 Å². The molecule has 4 nitrogen and oxygen atoms in total. The molecular formula is C6H8O4. The van der Waals surface area contributed by atoms with Crippen molar-refractivity contribution in [2.45, 2.75) is 30.7 Å². The van der Waals surface area contributed by atoms with E-state index in [-0.39, 0.29) is 18.3 Å². The lowest BCUT2D eigenvalue weighted by Gasteiger charge is -2.17. The van der Waals surface area contributed by atoms with Gasteiger partial charge in [-0.1, -0.05) is 0 Å². The van der Waals surface area contributed by atoms with Crippen molar-refractivity contribution in [1.82, 2.24) is 0 Å². The summed E-state index contributed by atoms with van der Waals surface area (Å²) in [6.07, 6.45) is -1.02. The van der Waals surface area contributed by atoms with E-state index in [9.17, 15) is 5.11 Å². The van der Waals surface area contributed by atoms with Crippen LogP contribution in [0.1, 0.15) is 0 Å². The van der Waals surface area contributed by atoms with E-state index in [2.05, 4.69) is 0 Å². The topological polar surface area (TPSA) is 47.9 Å². The summed E-state index contributed by atoms with van der Waals surface area (Å²) >= 11 is 0. The highest BCUT2D eigenvalue weighted by molar-refractivity contribution is 5.02. The number of aliphatic hydroxyl groups is 1. The molecular weight excluding hydrogens is 136 g/mol. The average molecular weight is 144 g/mol. The predicted molar refractivity (Wildman–Crippen MR) is 29.3 cm³/mol. The minimum absolute atomic E-state index is 0.000000000000000222. The molecule has 0 radical (unpaired) electrons. The maximum atomic E-state index is 9.33. The Kier molecular flexibility index (Phi) is 0.840. The second-order valence-corrected chi connectivity index (χ2v) is 2.93. The van der Waals surface area contributed by atoms with Crippen molar-refractivity contribution in [3.8, 4) is 0 Å². The van der Waals surface area contributed by atoms with Crippen LogP contribution in [0.4, 0.5) is 0 Å². The first-order valence-electron chi connectivity index (χ1n) is 3.47. The molecule has 0 amide bonds. The summed E-state index contributed by atoms with van der Waals surface area (Å²) in [7, 11) is 0. The molecule has 3 aliphatic heterocycles. The maximum Gasteiger partial charge on any atom is 0.187 e. The maximum absolute atomic E-state index is 9.33. The first-order valence-corrected chi connectivity index (χ1v) is 3.47. The van der Waals surface area contributed by atoms with E-state index >= 15 is 0 Å². The summed E-state index contributed by atoms with van der Waals surface area (Å²) in [6, 6.07) is 0.